The largest absolute Gasteiger partial charge is 0.347 e. The third kappa shape index (κ3) is 3.28. The number of carbonyl (C=O) groups is 1. The zero-order valence-electron chi connectivity index (χ0n) is 15.8. The first kappa shape index (κ1) is 17.3. The standard InChI is InChI=1S/C21H28N4O/c1-23-10-4-6-19(23)20(26)25-11-7-21(8-12-25)13-18(14-21)24(2)16-17-5-3-9-22-15-17/h3-6,9-10,15,18H,7-8,11-14,16H2,1-2H3. The van der Waals surface area contributed by atoms with Crippen molar-refractivity contribution in [1.29, 1.82) is 0 Å². The van der Waals surface area contributed by atoms with E-state index < -0.39 is 0 Å². The van der Waals surface area contributed by atoms with E-state index in [0.717, 1.165) is 38.2 Å². The molecule has 0 atom stereocenters. The molecule has 2 fully saturated rings. The summed E-state index contributed by atoms with van der Waals surface area (Å²) in [5.74, 6) is 0.178. The predicted molar refractivity (Wildman–Crippen MR) is 102 cm³/mol. The Balaban J connectivity index is 1.28. The normalized spacial score (nSPS) is 19.7. The Morgan fingerprint density at radius 1 is 1.27 bits per heavy atom. The number of aryl methyl sites for hydroxylation is 1. The lowest BCUT2D eigenvalue weighted by molar-refractivity contribution is -0.0329. The van der Waals surface area contributed by atoms with Crippen LogP contribution in [-0.2, 0) is 13.6 Å². The van der Waals surface area contributed by atoms with Gasteiger partial charge in [0.25, 0.3) is 5.91 Å². The van der Waals surface area contributed by atoms with Gasteiger partial charge in [-0.25, -0.2) is 0 Å². The first-order valence-electron chi connectivity index (χ1n) is 9.56. The van der Waals surface area contributed by atoms with Gasteiger partial charge in [-0.3, -0.25) is 14.7 Å². The van der Waals surface area contributed by atoms with Crippen LogP contribution < -0.4 is 0 Å². The quantitative estimate of drug-likeness (QED) is 0.849. The Kier molecular flexibility index (Phi) is 4.57. The molecule has 2 aromatic rings. The fraction of sp³-hybridized carbons (Fsp3) is 0.524. The highest BCUT2D eigenvalue weighted by molar-refractivity contribution is 5.92. The number of nitrogens with zero attached hydrogens (tertiary/aromatic N) is 4. The molecular weight excluding hydrogens is 324 g/mol. The molecule has 0 N–H and O–H groups in total. The van der Waals surface area contributed by atoms with E-state index in [1.54, 1.807) is 0 Å². The molecule has 5 heteroatoms. The summed E-state index contributed by atoms with van der Waals surface area (Å²) in [5, 5.41) is 0. The molecule has 0 aromatic carbocycles. The third-order valence-electron chi connectivity index (χ3n) is 6.39. The van der Waals surface area contributed by atoms with Gasteiger partial charge in [-0.05, 0) is 61.9 Å². The second-order valence-corrected chi connectivity index (χ2v) is 8.13. The molecule has 1 aliphatic heterocycles. The van der Waals surface area contributed by atoms with E-state index in [4.69, 9.17) is 0 Å². The van der Waals surface area contributed by atoms with Crippen molar-refractivity contribution in [3.8, 4) is 0 Å². The van der Waals surface area contributed by atoms with Gasteiger partial charge < -0.3 is 9.47 Å². The SMILES string of the molecule is CN(Cc1cccnc1)C1CC2(CCN(C(=O)c3cccn3C)CC2)C1. The highest BCUT2D eigenvalue weighted by Gasteiger charge is 2.47. The molecule has 2 aliphatic rings. The predicted octanol–water partition coefficient (Wildman–Crippen LogP) is 2.94. The van der Waals surface area contributed by atoms with Crippen molar-refractivity contribution >= 4 is 5.91 Å². The molecule has 1 amide bonds. The summed E-state index contributed by atoms with van der Waals surface area (Å²) >= 11 is 0. The minimum absolute atomic E-state index is 0.178. The molecule has 5 nitrogen and oxygen atoms in total. The van der Waals surface area contributed by atoms with Crippen LogP contribution in [0, 0.1) is 5.41 Å². The van der Waals surface area contributed by atoms with Crippen LogP contribution in [0.1, 0.15) is 41.7 Å². The van der Waals surface area contributed by atoms with Gasteiger partial charge in [0.05, 0.1) is 0 Å². The van der Waals surface area contributed by atoms with E-state index in [1.807, 2.05) is 53.3 Å². The Morgan fingerprint density at radius 3 is 2.65 bits per heavy atom. The number of likely N-dealkylation sites (tertiary alicyclic amines) is 1. The first-order valence-corrected chi connectivity index (χ1v) is 9.56. The van der Waals surface area contributed by atoms with Crippen LogP contribution in [0.2, 0.25) is 0 Å². The summed E-state index contributed by atoms with van der Waals surface area (Å²) in [6, 6.07) is 8.66. The van der Waals surface area contributed by atoms with Crippen molar-refractivity contribution in [2.24, 2.45) is 12.5 Å². The number of carbonyl (C=O) groups excluding carboxylic acids is 1. The van der Waals surface area contributed by atoms with Crippen LogP contribution in [0.3, 0.4) is 0 Å². The second-order valence-electron chi connectivity index (χ2n) is 8.13. The molecule has 0 radical (unpaired) electrons. The van der Waals surface area contributed by atoms with Crippen LogP contribution in [0.4, 0.5) is 0 Å². The van der Waals surface area contributed by atoms with Crippen LogP contribution in [-0.4, -0.2) is 51.4 Å². The highest BCUT2D eigenvalue weighted by atomic mass is 16.2. The van der Waals surface area contributed by atoms with Crippen molar-refractivity contribution in [2.75, 3.05) is 20.1 Å². The molecule has 4 rings (SSSR count). The lowest BCUT2D eigenvalue weighted by Crippen LogP contribution is -2.54. The maximum atomic E-state index is 12.7. The minimum atomic E-state index is 0.178. The summed E-state index contributed by atoms with van der Waals surface area (Å²) in [6.45, 7) is 2.75. The fourth-order valence-corrected chi connectivity index (χ4v) is 4.60. The molecule has 0 bridgehead atoms. The van der Waals surface area contributed by atoms with Crippen LogP contribution in [0.15, 0.2) is 42.9 Å². The van der Waals surface area contributed by atoms with Gasteiger partial charge in [0, 0.05) is 51.3 Å². The van der Waals surface area contributed by atoms with E-state index in [2.05, 4.69) is 23.0 Å². The van der Waals surface area contributed by atoms with Gasteiger partial charge in [0.2, 0.25) is 0 Å². The Labute approximate surface area is 155 Å². The lowest BCUT2D eigenvalue weighted by atomic mass is 9.60. The third-order valence-corrected chi connectivity index (χ3v) is 6.39. The van der Waals surface area contributed by atoms with E-state index in [0.29, 0.717) is 11.5 Å². The summed E-state index contributed by atoms with van der Waals surface area (Å²) in [7, 11) is 4.16. The van der Waals surface area contributed by atoms with E-state index in [-0.39, 0.29) is 5.91 Å². The Morgan fingerprint density at radius 2 is 2.04 bits per heavy atom. The Hall–Kier alpha value is -2.14. The minimum Gasteiger partial charge on any atom is -0.347 e. The smallest absolute Gasteiger partial charge is 0.270 e. The molecule has 26 heavy (non-hydrogen) atoms. The number of rotatable bonds is 4. The maximum absolute atomic E-state index is 12.7. The molecule has 1 spiro atoms. The molecule has 3 heterocycles. The van der Waals surface area contributed by atoms with Crippen molar-refractivity contribution < 1.29 is 4.79 Å². The van der Waals surface area contributed by atoms with Gasteiger partial charge in [0.15, 0.2) is 0 Å². The summed E-state index contributed by atoms with van der Waals surface area (Å²) in [5.41, 5.74) is 2.53. The van der Waals surface area contributed by atoms with Crippen molar-refractivity contribution in [2.45, 2.75) is 38.3 Å². The molecule has 1 saturated heterocycles. The van der Waals surface area contributed by atoms with Crippen LogP contribution in [0.5, 0.6) is 0 Å². The molecule has 1 saturated carbocycles. The van der Waals surface area contributed by atoms with E-state index in [9.17, 15) is 4.79 Å². The summed E-state index contributed by atoms with van der Waals surface area (Å²) in [4.78, 5) is 21.4. The molecule has 1 aliphatic carbocycles. The number of hydrogen-bond donors (Lipinski definition) is 0. The van der Waals surface area contributed by atoms with Crippen molar-refractivity contribution in [1.82, 2.24) is 19.4 Å². The zero-order valence-corrected chi connectivity index (χ0v) is 15.8. The van der Waals surface area contributed by atoms with Gasteiger partial charge >= 0.3 is 0 Å². The fourth-order valence-electron chi connectivity index (χ4n) is 4.60. The number of hydrogen-bond acceptors (Lipinski definition) is 3. The first-order chi connectivity index (χ1) is 12.6. The van der Waals surface area contributed by atoms with Crippen molar-refractivity contribution in [3.05, 3.63) is 54.1 Å². The van der Waals surface area contributed by atoms with Crippen LogP contribution >= 0.6 is 0 Å². The van der Waals surface area contributed by atoms with Gasteiger partial charge in [-0.1, -0.05) is 6.07 Å². The molecule has 138 valence electrons. The Bertz CT molecular complexity index is 753. The molecule has 2 aromatic heterocycles. The van der Waals surface area contributed by atoms with Gasteiger partial charge in [0.1, 0.15) is 5.69 Å². The van der Waals surface area contributed by atoms with E-state index >= 15 is 0 Å². The summed E-state index contributed by atoms with van der Waals surface area (Å²) in [6.07, 6.45) is 10.5. The van der Waals surface area contributed by atoms with Crippen LogP contribution in [0.25, 0.3) is 0 Å². The molecular formula is C21H28N4O. The number of amides is 1. The lowest BCUT2D eigenvalue weighted by Gasteiger charge is -2.54. The number of aromatic nitrogens is 2. The zero-order chi connectivity index (χ0) is 18.1. The number of pyridine rings is 1. The van der Waals surface area contributed by atoms with E-state index in [1.165, 1.54) is 18.4 Å². The van der Waals surface area contributed by atoms with Gasteiger partial charge in [-0.15, -0.1) is 0 Å². The monoisotopic (exact) mass is 352 g/mol. The second kappa shape index (κ2) is 6.88. The maximum Gasteiger partial charge on any atom is 0.270 e. The highest BCUT2D eigenvalue weighted by Crippen LogP contribution is 2.51. The molecule has 0 unspecified atom stereocenters. The average molecular weight is 352 g/mol. The topological polar surface area (TPSA) is 41.4 Å². The summed E-state index contributed by atoms with van der Waals surface area (Å²) < 4.78 is 1.92. The van der Waals surface area contributed by atoms with Crippen molar-refractivity contribution in [3.63, 3.8) is 0 Å². The average Bonchev–Trinajstić information content (AvgIpc) is 3.06. The van der Waals surface area contributed by atoms with Gasteiger partial charge in [-0.2, -0.15) is 0 Å². The number of piperidine rings is 1.